The Kier molecular flexibility index (Phi) is 4.94. The second-order valence-corrected chi connectivity index (χ2v) is 6.83. The maximum absolute atomic E-state index is 14.3. The normalized spacial score (nSPS) is 19.2. The van der Waals surface area contributed by atoms with Crippen molar-refractivity contribution in [1.29, 1.82) is 0 Å². The van der Waals surface area contributed by atoms with Gasteiger partial charge < -0.3 is 9.84 Å². The van der Waals surface area contributed by atoms with Gasteiger partial charge in [-0.3, -0.25) is 4.90 Å². The number of halogens is 1. The van der Waals surface area contributed by atoms with Crippen LogP contribution in [0.1, 0.15) is 35.0 Å². The number of fused-ring (bicyclic) bond motifs is 1. The minimum absolute atomic E-state index is 0.289. The molecule has 1 atom stereocenters. The number of rotatable bonds is 4. The molecule has 3 rings (SSSR count). The lowest BCUT2D eigenvalue weighted by Gasteiger charge is -2.30. The van der Waals surface area contributed by atoms with Crippen LogP contribution < -0.4 is 0 Å². The van der Waals surface area contributed by atoms with E-state index in [1.807, 2.05) is 6.07 Å². The molecule has 4 nitrogen and oxygen atoms in total. The average Bonchev–Trinajstić information content (AvgIpc) is 2.88. The zero-order chi connectivity index (χ0) is 16.4. The molecule has 1 fully saturated rings. The van der Waals surface area contributed by atoms with Crippen molar-refractivity contribution in [2.45, 2.75) is 32.4 Å². The molecule has 1 aromatic heterocycles. The molecule has 6 heteroatoms. The maximum Gasteiger partial charge on any atom is 0.348 e. The minimum atomic E-state index is -0.402. The lowest BCUT2D eigenvalue weighted by atomic mass is 10.1. The average molecular weight is 337 g/mol. The number of nitrogens with zero attached hydrogens (tertiary/aromatic N) is 1. The van der Waals surface area contributed by atoms with Crippen molar-refractivity contribution in [3.05, 3.63) is 34.5 Å². The number of esters is 1. The number of β-amino-alcohol motifs (C(OH)–C–C–N with tert-alkyl or cyclic N) is 1. The van der Waals surface area contributed by atoms with E-state index in [2.05, 4.69) is 4.90 Å². The second kappa shape index (κ2) is 6.95. The summed E-state index contributed by atoms with van der Waals surface area (Å²) in [6, 6.07) is 4.89. The lowest BCUT2D eigenvalue weighted by Crippen LogP contribution is -2.37. The van der Waals surface area contributed by atoms with Crippen molar-refractivity contribution >= 4 is 27.4 Å². The summed E-state index contributed by atoms with van der Waals surface area (Å²) in [7, 11) is 0. The van der Waals surface area contributed by atoms with Crippen molar-refractivity contribution in [1.82, 2.24) is 4.90 Å². The molecule has 23 heavy (non-hydrogen) atoms. The molecule has 124 valence electrons. The highest BCUT2D eigenvalue weighted by molar-refractivity contribution is 7.21. The van der Waals surface area contributed by atoms with Gasteiger partial charge in [-0.25, -0.2) is 9.18 Å². The highest BCUT2D eigenvalue weighted by Gasteiger charge is 2.25. The van der Waals surface area contributed by atoms with Gasteiger partial charge in [0, 0.05) is 28.7 Å². The highest BCUT2D eigenvalue weighted by Crippen LogP contribution is 2.35. The Morgan fingerprint density at radius 2 is 2.35 bits per heavy atom. The van der Waals surface area contributed by atoms with Gasteiger partial charge in [0.2, 0.25) is 0 Å². The quantitative estimate of drug-likeness (QED) is 0.871. The van der Waals surface area contributed by atoms with Crippen LogP contribution in [0.4, 0.5) is 4.39 Å². The SMILES string of the molecule is CCOC(=O)c1sc2cccc(F)c2c1CN1CCC[C@H](O)C1. The van der Waals surface area contributed by atoms with Crippen LogP contribution in [-0.2, 0) is 11.3 Å². The maximum atomic E-state index is 14.3. The highest BCUT2D eigenvalue weighted by atomic mass is 32.1. The molecule has 0 aliphatic carbocycles. The second-order valence-electron chi connectivity index (χ2n) is 5.77. The van der Waals surface area contributed by atoms with Gasteiger partial charge in [-0.15, -0.1) is 11.3 Å². The van der Waals surface area contributed by atoms with E-state index in [1.165, 1.54) is 17.4 Å². The molecule has 1 saturated heterocycles. The number of hydrogen-bond acceptors (Lipinski definition) is 5. The number of aliphatic hydroxyl groups excluding tert-OH is 1. The first kappa shape index (κ1) is 16.4. The Hall–Kier alpha value is -1.50. The van der Waals surface area contributed by atoms with Crippen LogP contribution in [-0.4, -0.2) is 41.8 Å². The molecule has 0 unspecified atom stereocenters. The molecule has 0 saturated carbocycles. The molecule has 2 heterocycles. The fourth-order valence-electron chi connectivity index (χ4n) is 3.08. The molecule has 0 amide bonds. The number of carbonyl (C=O) groups excluding carboxylic acids is 1. The summed E-state index contributed by atoms with van der Waals surface area (Å²) in [6.45, 7) is 3.88. The van der Waals surface area contributed by atoms with Gasteiger partial charge in [-0.2, -0.15) is 0 Å². The van der Waals surface area contributed by atoms with E-state index in [0.717, 1.165) is 24.1 Å². The molecule has 1 aliphatic rings. The third-order valence-electron chi connectivity index (χ3n) is 4.09. The zero-order valence-electron chi connectivity index (χ0n) is 13.0. The number of likely N-dealkylation sites (tertiary alicyclic amines) is 1. The van der Waals surface area contributed by atoms with Crippen LogP contribution in [0.5, 0.6) is 0 Å². The molecule has 2 aromatic rings. The summed E-state index contributed by atoms with van der Waals surface area (Å²) in [5, 5.41) is 10.3. The van der Waals surface area contributed by atoms with Crippen molar-refractivity contribution in [3.8, 4) is 0 Å². The van der Waals surface area contributed by atoms with Crippen LogP contribution in [0.25, 0.3) is 10.1 Å². The van der Waals surface area contributed by atoms with Crippen molar-refractivity contribution < 1.29 is 19.0 Å². The van der Waals surface area contributed by atoms with Gasteiger partial charge in [0.15, 0.2) is 0 Å². The van der Waals surface area contributed by atoms with E-state index in [0.29, 0.717) is 28.9 Å². The van der Waals surface area contributed by atoms with Crippen LogP contribution in [0.2, 0.25) is 0 Å². The Labute approximate surface area is 138 Å². The van der Waals surface area contributed by atoms with Gasteiger partial charge in [0.05, 0.1) is 12.7 Å². The van der Waals surface area contributed by atoms with Gasteiger partial charge in [-0.05, 0) is 38.4 Å². The number of thiophene rings is 1. The molecule has 1 aliphatic heterocycles. The molecule has 1 N–H and O–H groups in total. The summed E-state index contributed by atoms with van der Waals surface area (Å²) in [4.78, 5) is 14.8. The Morgan fingerprint density at radius 3 is 3.09 bits per heavy atom. The Morgan fingerprint density at radius 1 is 1.52 bits per heavy atom. The molecular weight excluding hydrogens is 317 g/mol. The summed E-state index contributed by atoms with van der Waals surface area (Å²) < 4.78 is 20.2. The Balaban J connectivity index is 2.01. The lowest BCUT2D eigenvalue weighted by molar-refractivity contribution is 0.0525. The molecule has 0 radical (unpaired) electrons. The zero-order valence-corrected chi connectivity index (χ0v) is 13.9. The minimum Gasteiger partial charge on any atom is -0.462 e. The van der Waals surface area contributed by atoms with E-state index in [-0.39, 0.29) is 18.5 Å². The topological polar surface area (TPSA) is 49.8 Å². The number of benzene rings is 1. The fraction of sp³-hybridized carbons (Fsp3) is 0.471. The van der Waals surface area contributed by atoms with Gasteiger partial charge in [0.25, 0.3) is 0 Å². The van der Waals surface area contributed by atoms with Crippen LogP contribution >= 0.6 is 11.3 Å². The molecule has 1 aromatic carbocycles. The smallest absolute Gasteiger partial charge is 0.348 e. The molecule has 0 spiro atoms. The summed E-state index contributed by atoms with van der Waals surface area (Å²) in [6.07, 6.45) is 1.34. The van der Waals surface area contributed by atoms with Crippen LogP contribution in [0, 0.1) is 5.82 Å². The first-order valence-electron chi connectivity index (χ1n) is 7.87. The molecule has 0 bridgehead atoms. The van der Waals surface area contributed by atoms with Gasteiger partial charge in [-0.1, -0.05) is 6.07 Å². The number of hydrogen-bond donors (Lipinski definition) is 1. The summed E-state index contributed by atoms with van der Waals surface area (Å²) >= 11 is 1.27. The predicted molar refractivity (Wildman–Crippen MR) is 88.3 cm³/mol. The van der Waals surface area contributed by atoms with Crippen molar-refractivity contribution in [3.63, 3.8) is 0 Å². The van der Waals surface area contributed by atoms with Crippen molar-refractivity contribution in [2.75, 3.05) is 19.7 Å². The van der Waals surface area contributed by atoms with E-state index in [9.17, 15) is 14.3 Å². The standard InChI is InChI=1S/C17H20FNO3S/c1-2-22-17(21)16-12(10-19-8-4-5-11(20)9-19)15-13(18)6-3-7-14(15)23-16/h3,6-7,11,20H,2,4-5,8-10H2,1H3/t11-/m0/s1. The number of aliphatic hydroxyl groups is 1. The van der Waals surface area contributed by atoms with Crippen LogP contribution in [0.15, 0.2) is 18.2 Å². The van der Waals surface area contributed by atoms with Crippen LogP contribution in [0.3, 0.4) is 0 Å². The van der Waals surface area contributed by atoms with E-state index in [1.54, 1.807) is 13.0 Å². The fourth-order valence-corrected chi connectivity index (χ4v) is 4.20. The van der Waals surface area contributed by atoms with Gasteiger partial charge in [0.1, 0.15) is 10.7 Å². The number of ether oxygens (including phenoxy) is 1. The Bertz CT molecular complexity index is 715. The molecular formula is C17H20FNO3S. The first-order chi connectivity index (χ1) is 11.1. The third kappa shape index (κ3) is 3.39. The predicted octanol–water partition coefficient (Wildman–Crippen LogP) is 3.17. The van der Waals surface area contributed by atoms with Crippen molar-refractivity contribution in [2.24, 2.45) is 0 Å². The van der Waals surface area contributed by atoms with E-state index in [4.69, 9.17) is 4.74 Å². The first-order valence-corrected chi connectivity index (χ1v) is 8.69. The van der Waals surface area contributed by atoms with E-state index < -0.39 is 5.97 Å². The van der Waals surface area contributed by atoms with Gasteiger partial charge >= 0.3 is 5.97 Å². The summed E-state index contributed by atoms with van der Waals surface area (Å²) in [5.74, 6) is -0.720. The van der Waals surface area contributed by atoms with E-state index >= 15 is 0 Å². The third-order valence-corrected chi connectivity index (χ3v) is 5.26. The largest absolute Gasteiger partial charge is 0.462 e. The number of carbonyl (C=O) groups is 1. The summed E-state index contributed by atoms with van der Waals surface area (Å²) in [5.41, 5.74) is 0.677. The number of piperidine rings is 1. The monoisotopic (exact) mass is 337 g/mol.